The lowest BCUT2D eigenvalue weighted by Gasteiger charge is -2.35. The lowest BCUT2D eigenvalue weighted by Crippen LogP contribution is -2.43. The van der Waals surface area contributed by atoms with Gasteiger partial charge in [-0.1, -0.05) is 0 Å². The van der Waals surface area contributed by atoms with Crippen LogP contribution in [0.1, 0.15) is 33.6 Å². The van der Waals surface area contributed by atoms with Gasteiger partial charge < -0.3 is 14.7 Å². The molecule has 17 heavy (non-hydrogen) atoms. The second kappa shape index (κ2) is 3.89. The largest absolute Gasteiger partial charge is 0.481 e. The Morgan fingerprint density at radius 3 is 2.59 bits per heavy atom. The molecule has 96 valence electrons. The second-order valence-electron chi connectivity index (χ2n) is 5.96. The zero-order chi connectivity index (χ0) is 12.8. The zero-order valence-electron chi connectivity index (χ0n) is 10.5. The highest BCUT2D eigenvalue weighted by atomic mass is 16.6. The standard InChI is InChI=1S/C12H19NO4/c1-12(2,3)17-11(16)13-6-7-4-9(13)8(7)5-10(14)15/h7-9H,4-6H2,1-3H3,(H,14,15). The Hall–Kier alpha value is -1.26. The molecule has 0 aromatic rings. The van der Waals surface area contributed by atoms with Crippen molar-refractivity contribution in [1.82, 2.24) is 4.90 Å². The molecule has 2 saturated heterocycles. The number of hydrogen-bond acceptors (Lipinski definition) is 3. The molecule has 3 atom stereocenters. The number of hydrogen-bond donors (Lipinski definition) is 1. The van der Waals surface area contributed by atoms with Crippen LogP contribution in [-0.4, -0.2) is 40.3 Å². The highest BCUT2D eigenvalue weighted by Crippen LogP contribution is 2.48. The van der Waals surface area contributed by atoms with Crippen molar-refractivity contribution in [2.45, 2.75) is 45.3 Å². The number of fused-ring (bicyclic) bond motifs is 1. The van der Waals surface area contributed by atoms with Gasteiger partial charge in [0.05, 0.1) is 6.42 Å². The maximum Gasteiger partial charge on any atom is 0.410 e. The molecule has 0 aromatic carbocycles. The van der Waals surface area contributed by atoms with Crippen molar-refractivity contribution in [3.8, 4) is 0 Å². The summed E-state index contributed by atoms with van der Waals surface area (Å²) in [7, 11) is 0. The minimum absolute atomic E-state index is 0.0750. The Kier molecular flexibility index (Phi) is 2.79. The minimum Gasteiger partial charge on any atom is -0.481 e. The number of carbonyl (C=O) groups is 2. The van der Waals surface area contributed by atoms with Crippen LogP contribution in [0.2, 0.25) is 0 Å². The third-order valence-electron chi connectivity index (χ3n) is 3.51. The molecule has 3 aliphatic rings. The minimum atomic E-state index is -0.782. The number of carboxylic acid groups (broad SMARTS) is 1. The van der Waals surface area contributed by atoms with E-state index in [0.29, 0.717) is 12.5 Å². The Morgan fingerprint density at radius 2 is 2.06 bits per heavy atom. The topological polar surface area (TPSA) is 66.8 Å². The second-order valence-corrected chi connectivity index (χ2v) is 5.96. The van der Waals surface area contributed by atoms with E-state index in [0.717, 1.165) is 6.42 Å². The Balaban J connectivity index is 1.93. The molecule has 1 saturated carbocycles. The quantitative estimate of drug-likeness (QED) is 0.799. The Labute approximate surface area is 101 Å². The van der Waals surface area contributed by atoms with Gasteiger partial charge in [0.15, 0.2) is 0 Å². The molecule has 3 fully saturated rings. The monoisotopic (exact) mass is 241 g/mol. The van der Waals surface area contributed by atoms with E-state index in [1.54, 1.807) is 4.90 Å². The van der Waals surface area contributed by atoms with Gasteiger partial charge in [-0.05, 0) is 39.0 Å². The fourth-order valence-corrected chi connectivity index (χ4v) is 2.77. The number of carbonyl (C=O) groups excluding carboxylic acids is 1. The van der Waals surface area contributed by atoms with Gasteiger partial charge in [-0.3, -0.25) is 4.79 Å². The SMILES string of the molecule is CC(C)(C)OC(=O)N1CC2CC1C2CC(=O)O. The molecule has 1 aliphatic carbocycles. The van der Waals surface area contributed by atoms with Crippen molar-refractivity contribution in [2.24, 2.45) is 11.8 Å². The Bertz CT molecular complexity index is 347. The van der Waals surface area contributed by atoms with E-state index in [2.05, 4.69) is 0 Å². The van der Waals surface area contributed by atoms with Crippen LogP contribution in [-0.2, 0) is 9.53 Å². The first-order valence-corrected chi connectivity index (χ1v) is 5.99. The lowest BCUT2D eigenvalue weighted by atomic mass is 9.72. The first-order chi connectivity index (χ1) is 7.78. The highest BCUT2D eigenvalue weighted by molar-refractivity contribution is 5.71. The molecule has 5 heteroatoms. The average molecular weight is 241 g/mol. The maximum absolute atomic E-state index is 11.9. The van der Waals surface area contributed by atoms with E-state index in [-0.39, 0.29) is 24.5 Å². The van der Waals surface area contributed by atoms with Crippen molar-refractivity contribution in [3.63, 3.8) is 0 Å². The predicted octanol–water partition coefficient (Wildman–Crippen LogP) is 1.72. The normalized spacial score (nSPS) is 31.0. The van der Waals surface area contributed by atoms with Gasteiger partial charge in [-0.2, -0.15) is 0 Å². The molecular weight excluding hydrogens is 222 g/mol. The van der Waals surface area contributed by atoms with E-state index in [4.69, 9.17) is 9.84 Å². The first kappa shape index (κ1) is 12.2. The summed E-state index contributed by atoms with van der Waals surface area (Å²) in [6, 6.07) is 0.0750. The predicted molar refractivity (Wildman–Crippen MR) is 60.6 cm³/mol. The molecule has 0 spiro atoms. The van der Waals surface area contributed by atoms with Crippen LogP contribution in [0, 0.1) is 11.8 Å². The maximum atomic E-state index is 11.9. The van der Waals surface area contributed by atoms with E-state index >= 15 is 0 Å². The van der Waals surface area contributed by atoms with Gasteiger partial charge >= 0.3 is 12.1 Å². The van der Waals surface area contributed by atoms with Crippen molar-refractivity contribution in [3.05, 3.63) is 0 Å². The molecule has 5 nitrogen and oxygen atoms in total. The average Bonchev–Trinajstić information content (AvgIpc) is 2.68. The van der Waals surface area contributed by atoms with Crippen LogP contribution in [0.25, 0.3) is 0 Å². The first-order valence-electron chi connectivity index (χ1n) is 5.99. The van der Waals surface area contributed by atoms with Crippen LogP contribution in [0.5, 0.6) is 0 Å². The van der Waals surface area contributed by atoms with E-state index in [9.17, 15) is 9.59 Å². The fourth-order valence-electron chi connectivity index (χ4n) is 2.77. The smallest absolute Gasteiger partial charge is 0.410 e. The summed E-state index contributed by atoms with van der Waals surface area (Å²) in [5.74, 6) is -0.306. The summed E-state index contributed by atoms with van der Waals surface area (Å²) in [4.78, 5) is 24.3. The summed E-state index contributed by atoms with van der Waals surface area (Å²) in [6.07, 6.45) is 0.782. The Morgan fingerprint density at radius 1 is 1.41 bits per heavy atom. The molecule has 3 rings (SSSR count). The third-order valence-corrected chi connectivity index (χ3v) is 3.51. The summed E-state index contributed by atoms with van der Waals surface area (Å²) < 4.78 is 5.31. The molecule has 1 N–H and O–H groups in total. The molecule has 2 bridgehead atoms. The molecule has 0 aromatic heterocycles. The molecule has 3 unspecified atom stereocenters. The fraction of sp³-hybridized carbons (Fsp3) is 0.833. The van der Waals surface area contributed by atoms with Crippen LogP contribution < -0.4 is 0 Å². The number of nitrogens with zero attached hydrogens (tertiary/aromatic N) is 1. The summed E-state index contributed by atoms with van der Waals surface area (Å²) >= 11 is 0. The number of aliphatic carboxylic acids is 1. The van der Waals surface area contributed by atoms with Crippen molar-refractivity contribution >= 4 is 12.1 Å². The molecular formula is C12H19NO4. The van der Waals surface area contributed by atoms with Gasteiger partial charge in [0, 0.05) is 12.6 Å². The van der Waals surface area contributed by atoms with Gasteiger partial charge in [-0.25, -0.2) is 4.79 Å². The van der Waals surface area contributed by atoms with E-state index in [1.165, 1.54) is 0 Å². The van der Waals surface area contributed by atoms with Crippen molar-refractivity contribution in [1.29, 1.82) is 0 Å². The number of carboxylic acids is 1. The van der Waals surface area contributed by atoms with Crippen molar-refractivity contribution < 1.29 is 19.4 Å². The van der Waals surface area contributed by atoms with Gasteiger partial charge in [0.1, 0.15) is 5.60 Å². The van der Waals surface area contributed by atoms with Gasteiger partial charge in [0.25, 0.3) is 0 Å². The molecule has 2 aliphatic heterocycles. The highest BCUT2D eigenvalue weighted by Gasteiger charge is 2.54. The van der Waals surface area contributed by atoms with Gasteiger partial charge in [-0.15, -0.1) is 0 Å². The van der Waals surface area contributed by atoms with Crippen LogP contribution in [0.15, 0.2) is 0 Å². The van der Waals surface area contributed by atoms with Crippen molar-refractivity contribution in [2.75, 3.05) is 6.54 Å². The van der Waals surface area contributed by atoms with Crippen LogP contribution in [0.3, 0.4) is 0 Å². The summed E-state index contributed by atoms with van der Waals surface area (Å²) in [6.45, 7) is 6.15. The van der Waals surface area contributed by atoms with E-state index in [1.807, 2.05) is 20.8 Å². The third kappa shape index (κ3) is 2.37. The molecule has 0 radical (unpaired) electrons. The number of rotatable bonds is 2. The van der Waals surface area contributed by atoms with E-state index < -0.39 is 11.6 Å². The lowest BCUT2D eigenvalue weighted by molar-refractivity contribution is -0.139. The zero-order valence-corrected chi connectivity index (χ0v) is 10.5. The van der Waals surface area contributed by atoms with Crippen LogP contribution >= 0.6 is 0 Å². The molecule has 2 heterocycles. The van der Waals surface area contributed by atoms with Gasteiger partial charge in [0.2, 0.25) is 0 Å². The molecule has 1 amide bonds. The number of amides is 1. The summed E-state index contributed by atoms with van der Waals surface area (Å²) in [5, 5.41) is 8.79. The van der Waals surface area contributed by atoms with Crippen LogP contribution in [0.4, 0.5) is 4.79 Å². The number of ether oxygens (including phenoxy) is 1. The summed E-state index contributed by atoms with van der Waals surface area (Å²) in [5.41, 5.74) is -0.494.